The standard InChI is InChI=1S/C9H7F6NO3S/c10-8(11,12)7(9(13,14)15)19-6-2-1-4(20(17)18)3-5(6)16/h1-3,7H,16H2,(H,17,18)/p-1. The van der Waals surface area contributed by atoms with Crippen molar-refractivity contribution in [1.82, 2.24) is 0 Å². The maximum atomic E-state index is 12.3. The third-order valence-electron chi connectivity index (χ3n) is 2.01. The first-order valence-corrected chi connectivity index (χ1v) is 5.79. The van der Waals surface area contributed by atoms with E-state index in [9.17, 15) is 35.1 Å². The minimum absolute atomic E-state index is 0.398. The minimum Gasteiger partial charge on any atom is -0.768 e. The van der Waals surface area contributed by atoms with Crippen molar-refractivity contribution in [2.75, 3.05) is 5.73 Å². The van der Waals surface area contributed by atoms with Crippen molar-refractivity contribution in [1.29, 1.82) is 0 Å². The average molecular weight is 322 g/mol. The molecule has 0 radical (unpaired) electrons. The Kier molecular flexibility index (Phi) is 4.54. The molecule has 1 rings (SSSR count). The van der Waals surface area contributed by atoms with E-state index in [1.54, 1.807) is 0 Å². The number of rotatable bonds is 3. The van der Waals surface area contributed by atoms with Crippen LogP contribution in [0.2, 0.25) is 0 Å². The van der Waals surface area contributed by atoms with Gasteiger partial charge in [0.05, 0.1) is 5.69 Å². The zero-order chi connectivity index (χ0) is 15.7. The number of nitrogens with two attached hydrogens (primary N) is 1. The number of alkyl halides is 6. The molecule has 0 fully saturated rings. The summed E-state index contributed by atoms with van der Waals surface area (Å²) in [4.78, 5) is -0.398. The van der Waals surface area contributed by atoms with Crippen LogP contribution in [0.3, 0.4) is 0 Å². The average Bonchev–Trinajstić information content (AvgIpc) is 2.23. The SMILES string of the molecule is Nc1cc(S(=O)[O-])ccc1OC(C(F)(F)F)C(F)(F)F. The van der Waals surface area contributed by atoms with Crippen LogP contribution in [-0.4, -0.2) is 27.2 Å². The summed E-state index contributed by atoms with van der Waals surface area (Å²) in [5.41, 5.74) is 4.50. The molecule has 114 valence electrons. The molecule has 0 bridgehead atoms. The molecule has 0 amide bonds. The molecule has 0 aliphatic carbocycles. The lowest BCUT2D eigenvalue weighted by Crippen LogP contribution is -2.46. The van der Waals surface area contributed by atoms with E-state index in [4.69, 9.17) is 5.73 Å². The summed E-state index contributed by atoms with van der Waals surface area (Å²) in [7, 11) is 0. The fraction of sp³-hybridized carbons (Fsp3) is 0.333. The Morgan fingerprint density at radius 2 is 1.65 bits per heavy atom. The Hall–Kier alpha value is -1.49. The number of halogens is 6. The molecular formula is C9H6F6NO3S-. The van der Waals surface area contributed by atoms with Gasteiger partial charge in [-0.1, -0.05) is 0 Å². The summed E-state index contributed by atoms with van der Waals surface area (Å²) >= 11 is -2.72. The molecule has 0 spiro atoms. The van der Waals surface area contributed by atoms with Gasteiger partial charge < -0.3 is 15.0 Å². The molecule has 1 atom stereocenters. The van der Waals surface area contributed by atoms with Crippen LogP contribution in [0.25, 0.3) is 0 Å². The number of anilines is 1. The number of hydrogen-bond donors (Lipinski definition) is 1. The third-order valence-corrected chi connectivity index (χ3v) is 2.65. The Labute approximate surface area is 110 Å². The van der Waals surface area contributed by atoms with Gasteiger partial charge in [-0.25, -0.2) is 0 Å². The molecule has 0 aromatic heterocycles. The third kappa shape index (κ3) is 4.00. The van der Waals surface area contributed by atoms with Crippen LogP contribution in [0, 0.1) is 0 Å². The molecule has 0 saturated heterocycles. The summed E-state index contributed by atoms with van der Waals surface area (Å²) in [6.45, 7) is 0. The normalized spacial score (nSPS) is 14.4. The van der Waals surface area contributed by atoms with E-state index >= 15 is 0 Å². The quantitative estimate of drug-likeness (QED) is 0.527. The van der Waals surface area contributed by atoms with Gasteiger partial charge in [-0.15, -0.1) is 0 Å². The van der Waals surface area contributed by atoms with Crippen molar-refractivity contribution >= 4 is 16.8 Å². The van der Waals surface area contributed by atoms with E-state index < -0.39 is 45.9 Å². The van der Waals surface area contributed by atoms with E-state index in [0.29, 0.717) is 12.1 Å². The molecule has 1 aromatic rings. The van der Waals surface area contributed by atoms with Crippen LogP contribution >= 0.6 is 0 Å². The van der Waals surface area contributed by atoms with Gasteiger partial charge in [-0.3, -0.25) is 4.21 Å². The molecule has 1 aromatic carbocycles. The Balaban J connectivity index is 3.10. The minimum atomic E-state index is -5.69. The van der Waals surface area contributed by atoms with E-state index in [1.165, 1.54) is 0 Å². The summed E-state index contributed by atoms with van der Waals surface area (Å²) in [6, 6.07) is 2.06. The van der Waals surface area contributed by atoms with Gasteiger partial charge in [0.2, 0.25) is 0 Å². The van der Waals surface area contributed by atoms with Gasteiger partial charge in [0.1, 0.15) is 5.75 Å². The predicted octanol–water partition coefficient (Wildman–Crippen LogP) is 2.38. The zero-order valence-electron chi connectivity index (χ0n) is 9.29. The van der Waals surface area contributed by atoms with Gasteiger partial charge in [0, 0.05) is 4.90 Å². The van der Waals surface area contributed by atoms with Crippen LogP contribution in [0.15, 0.2) is 23.1 Å². The Morgan fingerprint density at radius 1 is 1.15 bits per heavy atom. The molecule has 4 nitrogen and oxygen atoms in total. The molecule has 0 aliphatic rings. The largest absolute Gasteiger partial charge is 0.768 e. The zero-order valence-corrected chi connectivity index (χ0v) is 10.1. The highest BCUT2D eigenvalue weighted by Gasteiger charge is 2.59. The van der Waals surface area contributed by atoms with E-state index in [-0.39, 0.29) is 0 Å². The summed E-state index contributed by atoms with van der Waals surface area (Å²) in [5.74, 6) is -0.918. The van der Waals surface area contributed by atoms with Crippen LogP contribution in [0.1, 0.15) is 0 Å². The van der Waals surface area contributed by atoms with E-state index in [1.807, 2.05) is 0 Å². The highest BCUT2D eigenvalue weighted by atomic mass is 32.2. The Bertz CT molecular complexity index is 501. The molecule has 0 aliphatic heterocycles. The lowest BCUT2D eigenvalue weighted by atomic mass is 10.2. The predicted molar refractivity (Wildman–Crippen MR) is 54.6 cm³/mol. The second-order valence-corrected chi connectivity index (χ2v) is 4.46. The molecule has 0 heterocycles. The van der Waals surface area contributed by atoms with E-state index in [2.05, 4.69) is 4.74 Å². The van der Waals surface area contributed by atoms with Crippen molar-refractivity contribution < 1.29 is 39.8 Å². The van der Waals surface area contributed by atoms with Crippen molar-refractivity contribution in [3.63, 3.8) is 0 Å². The highest BCUT2D eigenvalue weighted by molar-refractivity contribution is 7.79. The molecule has 20 heavy (non-hydrogen) atoms. The van der Waals surface area contributed by atoms with Gasteiger partial charge in [0.15, 0.2) is 0 Å². The first-order chi connectivity index (χ1) is 8.93. The first-order valence-electron chi connectivity index (χ1n) is 4.72. The lowest BCUT2D eigenvalue weighted by molar-refractivity contribution is -0.299. The number of hydrogen-bond acceptors (Lipinski definition) is 4. The second kappa shape index (κ2) is 5.48. The molecular weight excluding hydrogens is 316 g/mol. The maximum absolute atomic E-state index is 12.3. The van der Waals surface area contributed by atoms with Crippen LogP contribution < -0.4 is 10.5 Å². The van der Waals surface area contributed by atoms with Gasteiger partial charge >= 0.3 is 12.4 Å². The molecule has 11 heteroatoms. The molecule has 0 saturated carbocycles. The summed E-state index contributed by atoms with van der Waals surface area (Å²) in [6.07, 6.45) is -15.4. The topological polar surface area (TPSA) is 75.4 Å². The number of nitrogen functional groups attached to an aromatic ring is 1. The van der Waals surface area contributed by atoms with Crippen molar-refractivity contribution in [2.24, 2.45) is 0 Å². The van der Waals surface area contributed by atoms with Crippen molar-refractivity contribution in [3.05, 3.63) is 18.2 Å². The number of ether oxygens (including phenoxy) is 1. The van der Waals surface area contributed by atoms with Gasteiger partial charge in [0.25, 0.3) is 6.10 Å². The van der Waals surface area contributed by atoms with E-state index in [0.717, 1.165) is 6.07 Å². The monoisotopic (exact) mass is 322 g/mol. The fourth-order valence-corrected chi connectivity index (χ4v) is 1.59. The number of benzene rings is 1. The van der Waals surface area contributed by atoms with Crippen molar-refractivity contribution in [2.45, 2.75) is 23.4 Å². The van der Waals surface area contributed by atoms with Crippen LogP contribution in [0.5, 0.6) is 5.75 Å². The van der Waals surface area contributed by atoms with Crippen molar-refractivity contribution in [3.8, 4) is 5.75 Å². The maximum Gasteiger partial charge on any atom is 0.434 e. The lowest BCUT2D eigenvalue weighted by Gasteiger charge is -2.24. The smallest absolute Gasteiger partial charge is 0.434 e. The van der Waals surface area contributed by atoms with Crippen LogP contribution in [0.4, 0.5) is 32.0 Å². The highest BCUT2D eigenvalue weighted by Crippen LogP contribution is 2.38. The second-order valence-electron chi connectivity index (χ2n) is 3.52. The van der Waals surface area contributed by atoms with Gasteiger partial charge in [-0.05, 0) is 29.3 Å². The summed E-state index contributed by atoms with van der Waals surface area (Å²) < 4.78 is 98.5. The Morgan fingerprint density at radius 3 is 2.00 bits per heavy atom. The van der Waals surface area contributed by atoms with Crippen LogP contribution in [-0.2, 0) is 11.1 Å². The molecule has 1 unspecified atom stereocenters. The first kappa shape index (κ1) is 16.6. The van der Waals surface area contributed by atoms with Gasteiger partial charge in [-0.2, -0.15) is 26.3 Å². The molecule has 2 N–H and O–H groups in total. The summed E-state index contributed by atoms with van der Waals surface area (Å²) in [5, 5.41) is 0. The fourth-order valence-electron chi connectivity index (χ4n) is 1.18.